The molecule has 0 aromatic rings. The maximum Gasteiger partial charge on any atom is 0.330 e. The highest BCUT2D eigenvalue weighted by Crippen LogP contribution is 2.58. The molecule has 6 heteroatoms. The van der Waals surface area contributed by atoms with Gasteiger partial charge in [0.05, 0.1) is 0 Å². The number of fused-ring (bicyclic) bond motifs is 3. The molecule has 6 nitrogen and oxygen atoms in total. The first kappa shape index (κ1) is 18.2. The minimum absolute atomic E-state index is 0.201. The number of carbonyl (C=O) groups excluding carboxylic acids is 2. The van der Waals surface area contributed by atoms with Gasteiger partial charge in [0, 0.05) is 23.9 Å². The summed E-state index contributed by atoms with van der Waals surface area (Å²) in [4.78, 5) is 31.1. The number of ether oxygens (including phenoxy) is 2. The second kappa shape index (κ2) is 5.22. The molecule has 0 bridgehead atoms. The predicted octanol–water partition coefficient (Wildman–Crippen LogP) is 2.51. The lowest BCUT2D eigenvalue weighted by Gasteiger charge is -2.46. The van der Waals surface area contributed by atoms with Gasteiger partial charge in [-0.05, 0) is 25.7 Å². The first-order valence-electron chi connectivity index (χ1n) is 9.92. The molecule has 0 saturated carbocycles. The van der Waals surface area contributed by atoms with Crippen LogP contribution in [0.2, 0.25) is 0 Å². The SMILES string of the molecule is CC(C)(C)[C@H]1OC(=O)[C@]2([C@@]34CCCN3[C@@H](C(C)(C)C)OC4=O)CCCN12. The van der Waals surface area contributed by atoms with E-state index in [4.69, 9.17) is 9.47 Å². The maximum absolute atomic E-state index is 13.4. The van der Waals surface area contributed by atoms with Crippen LogP contribution in [-0.2, 0) is 19.1 Å². The number of esters is 2. The zero-order valence-corrected chi connectivity index (χ0v) is 16.9. The quantitative estimate of drug-likeness (QED) is 0.667. The first-order valence-corrected chi connectivity index (χ1v) is 9.92. The number of cyclic esters (lactones) is 2. The molecular weight excluding hydrogens is 332 g/mol. The molecule has 0 unspecified atom stereocenters. The minimum atomic E-state index is -0.904. The lowest BCUT2D eigenvalue weighted by atomic mass is 9.72. The van der Waals surface area contributed by atoms with Gasteiger partial charge in [0.2, 0.25) is 0 Å². The van der Waals surface area contributed by atoms with E-state index >= 15 is 0 Å². The summed E-state index contributed by atoms with van der Waals surface area (Å²) in [5.41, 5.74) is -2.21. The van der Waals surface area contributed by atoms with Gasteiger partial charge in [-0.25, -0.2) is 19.4 Å². The lowest BCUT2D eigenvalue weighted by Crippen LogP contribution is -2.70. The van der Waals surface area contributed by atoms with Crippen LogP contribution >= 0.6 is 0 Å². The summed E-state index contributed by atoms with van der Waals surface area (Å²) in [6.45, 7) is 14.1. The highest BCUT2D eigenvalue weighted by atomic mass is 16.6. The summed E-state index contributed by atoms with van der Waals surface area (Å²) in [6, 6.07) is 0. The van der Waals surface area contributed by atoms with Crippen LogP contribution in [0.3, 0.4) is 0 Å². The van der Waals surface area contributed by atoms with Crippen molar-refractivity contribution in [3.05, 3.63) is 0 Å². The Morgan fingerprint density at radius 1 is 0.769 bits per heavy atom. The summed E-state index contributed by atoms with van der Waals surface area (Å²) < 4.78 is 11.9. The smallest absolute Gasteiger partial charge is 0.330 e. The van der Waals surface area contributed by atoms with Crippen LogP contribution in [-0.4, -0.2) is 58.4 Å². The summed E-state index contributed by atoms with van der Waals surface area (Å²) in [7, 11) is 0. The van der Waals surface area contributed by atoms with Crippen LogP contribution in [0, 0.1) is 10.8 Å². The summed E-state index contributed by atoms with van der Waals surface area (Å²) in [6.07, 6.45) is 2.56. The van der Waals surface area contributed by atoms with Gasteiger partial charge in [-0.2, -0.15) is 0 Å². The average molecular weight is 364 g/mol. The Balaban J connectivity index is 1.85. The molecule has 0 spiro atoms. The lowest BCUT2D eigenvalue weighted by molar-refractivity contribution is -0.157. The highest BCUT2D eigenvalue weighted by molar-refractivity contribution is 5.97. The van der Waals surface area contributed by atoms with Crippen LogP contribution in [0.15, 0.2) is 0 Å². The van der Waals surface area contributed by atoms with E-state index in [1.54, 1.807) is 0 Å². The van der Waals surface area contributed by atoms with Crippen molar-refractivity contribution in [2.45, 2.75) is 90.8 Å². The van der Waals surface area contributed by atoms with Gasteiger partial charge in [0.1, 0.15) is 0 Å². The topological polar surface area (TPSA) is 59.1 Å². The second-order valence-electron chi connectivity index (χ2n) is 10.6. The van der Waals surface area contributed by atoms with E-state index in [0.29, 0.717) is 12.8 Å². The summed E-state index contributed by atoms with van der Waals surface area (Å²) >= 11 is 0. The standard InChI is InChI=1S/C20H32N2O4/c1-17(2,3)13-21-11-7-9-19(21,15(23)25-13)20-10-8-12-22(20)14(18(4,5)6)26-16(20)24/h13-14H,7-12H2,1-6H3/t13-,14-,19+,20+/m1/s1. The normalized spacial score (nSPS) is 41.3. The molecule has 0 amide bonds. The Bertz CT molecular complexity index is 593. The van der Waals surface area contributed by atoms with Gasteiger partial charge in [-0.15, -0.1) is 0 Å². The monoisotopic (exact) mass is 364 g/mol. The van der Waals surface area contributed by atoms with E-state index < -0.39 is 11.1 Å². The molecule has 4 rings (SSSR count). The van der Waals surface area contributed by atoms with Crippen molar-refractivity contribution in [1.29, 1.82) is 0 Å². The van der Waals surface area contributed by atoms with E-state index in [2.05, 4.69) is 51.3 Å². The van der Waals surface area contributed by atoms with Crippen LogP contribution in [0.4, 0.5) is 0 Å². The van der Waals surface area contributed by atoms with Crippen molar-refractivity contribution >= 4 is 11.9 Å². The van der Waals surface area contributed by atoms with Crippen molar-refractivity contribution in [3.8, 4) is 0 Å². The van der Waals surface area contributed by atoms with Crippen LogP contribution in [0.25, 0.3) is 0 Å². The van der Waals surface area contributed by atoms with E-state index in [1.807, 2.05) is 0 Å². The molecule has 0 aromatic carbocycles. The zero-order valence-electron chi connectivity index (χ0n) is 16.9. The molecule has 4 atom stereocenters. The van der Waals surface area contributed by atoms with Crippen molar-refractivity contribution in [3.63, 3.8) is 0 Å². The molecule has 0 aliphatic carbocycles. The van der Waals surface area contributed by atoms with E-state index in [9.17, 15) is 9.59 Å². The van der Waals surface area contributed by atoms with Crippen molar-refractivity contribution in [1.82, 2.24) is 9.80 Å². The Hall–Kier alpha value is -1.14. The Morgan fingerprint density at radius 2 is 1.12 bits per heavy atom. The Morgan fingerprint density at radius 3 is 1.42 bits per heavy atom. The molecular formula is C20H32N2O4. The molecule has 4 heterocycles. The van der Waals surface area contributed by atoms with Crippen LogP contribution in [0.5, 0.6) is 0 Å². The number of nitrogens with zero attached hydrogens (tertiary/aromatic N) is 2. The Labute approximate surface area is 156 Å². The first-order chi connectivity index (χ1) is 12.0. The third-order valence-corrected chi connectivity index (χ3v) is 6.70. The largest absolute Gasteiger partial charge is 0.444 e. The van der Waals surface area contributed by atoms with Gasteiger partial charge in [0.15, 0.2) is 23.5 Å². The van der Waals surface area contributed by atoms with Crippen LogP contribution < -0.4 is 0 Å². The molecule has 146 valence electrons. The number of hydrogen-bond donors (Lipinski definition) is 0. The van der Waals surface area contributed by atoms with Gasteiger partial charge in [0.25, 0.3) is 0 Å². The number of carbonyl (C=O) groups is 2. The Kier molecular flexibility index (Phi) is 3.66. The molecule has 0 N–H and O–H groups in total. The molecule has 0 radical (unpaired) electrons. The molecule has 4 aliphatic rings. The van der Waals surface area contributed by atoms with Crippen molar-refractivity contribution in [2.24, 2.45) is 10.8 Å². The molecule has 4 fully saturated rings. The highest BCUT2D eigenvalue weighted by Gasteiger charge is 2.78. The second-order valence-corrected chi connectivity index (χ2v) is 10.6. The number of hydrogen-bond acceptors (Lipinski definition) is 6. The molecule has 0 aromatic heterocycles. The molecule has 26 heavy (non-hydrogen) atoms. The van der Waals surface area contributed by atoms with Gasteiger partial charge in [-0.1, -0.05) is 41.5 Å². The van der Waals surface area contributed by atoms with Crippen molar-refractivity contribution < 1.29 is 19.1 Å². The van der Waals surface area contributed by atoms with E-state index in [0.717, 1.165) is 25.9 Å². The third-order valence-electron chi connectivity index (χ3n) is 6.70. The van der Waals surface area contributed by atoms with Gasteiger partial charge in [-0.3, -0.25) is 0 Å². The van der Waals surface area contributed by atoms with Crippen LogP contribution in [0.1, 0.15) is 67.2 Å². The maximum atomic E-state index is 13.4. The van der Waals surface area contributed by atoms with Gasteiger partial charge < -0.3 is 9.47 Å². The molecule has 4 saturated heterocycles. The summed E-state index contributed by atoms with van der Waals surface area (Å²) in [5, 5.41) is 0. The molecule has 4 aliphatic heterocycles. The fourth-order valence-corrected chi connectivity index (χ4v) is 5.79. The van der Waals surface area contributed by atoms with Gasteiger partial charge >= 0.3 is 11.9 Å². The zero-order chi connectivity index (χ0) is 19.1. The summed E-state index contributed by atoms with van der Waals surface area (Å²) in [5.74, 6) is -0.457. The fourth-order valence-electron chi connectivity index (χ4n) is 5.79. The predicted molar refractivity (Wildman–Crippen MR) is 96.0 cm³/mol. The van der Waals surface area contributed by atoms with E-state index in [1.165, 1.54) is 0 Å². The van der Waals surface area contributed by atoms with E-state index in [-0.39, 0.29) is 35.2 Å². The van der Waals surface area contributed by atoms with Crippen molar-refractivity contribution in [2.75, 3.05) is 13.1 Å². The minimum Gasteiger partial charge on any atom is -0.444 e. The average Bonchev–Trinajstić information content (AvgIpc) is 3.19. The number of rotatable bonds is 1. The third kappa shape index (κ3) is 2.00. The fraction of sp³-hybridized carbons (Fsp3) is 0.900.